The first-order valence-corrected chi connectivity index (χ1v) is 8.77. The molecule has 4 rings (SSSR count). The molecule has 0 bridgehead atoms. The van der Waals surface area contributed by atoms with Crippen molar-refractivity contribution in [2.45, 2.75) is 0 Å². The minimum atomic E-state index is 0. The number of rotatable bonds is 3. The molecule has 0 fully saturated rings. The average Bonchev–Trinajstić information content (AvgIpc) is 3.34. The normalized spacial score (nSPS) is 13.5. The summed E-state index contributed by atoms with van der Waals surface area (Å²) in [6, 6.07) is 18.4. The monoisotopic (exact) mass is 393 g/mol. The molecule has 3 aromatic carbocycles. The quantitative estimate of drug-likeness (QED) is 0.583. The average molecular weight is 393 g/mol. The van der Waals surface area contributed by atoms with Crippen molar-refractivity contribution in [3.63, 3.8) is 0 Å². The Bertz CT molecular complexity index is 1080. The van der Waals surface area contributed by atoms with E-state index >= 15 is 0 Å². The predicted octanol–water partition coefficient (Wildman–Crippen LogP) is 1.25. The van der Waals surface area contributed by atoms with Crippen molar-refractivity contribution in [3.05, 3.63) is 82.2 Å². The van der Waals surface area contributed by atoms with Crippen LogP contribution in [0.15, 0.2) is 60.7 Å². The van der Waals surface area contributed by atoms with Gasteiger partial charge in [-0.05, 0) is 0 Å². The Morgan fingerprint density at radius 1 is 0.808 bits per heavy atom. The molecule has 6 N–H and O–H groups in total. The summed E-state index contributed by atoms with van der Waals surface area (Å²) in [4.78, 5) is 5.78. The molecule has 0 unspecified atom stereocenters. The molecule has 0 saturated carbocycles. The first-order valence-electron chi connectivity index (χ1n) is 7.71. The molecule has 0 atom stereocenters. The van der Waals surface area contributed by atoms with E-state index in [1.54, 1.807) is 24.3 Å². The fourth-order valence-electron chi connectivity index (χ4n) is 2.83. The number of nitrogens with zero attached hydrogens (tertiary/aromatic N) is 1. The molecule has 3 aromatic rings. The van der Waals surface area contributed by atoms with Crippen LogP contribution in [0.5, 0.6) is 11.5 Å². The maximum atomic E-state index is 10.1. The number of phenols is 2. The van der Waals surface area contributed by atoms with E-state index in [0.29, 0.717) is 15.1 Å². The number of para-hydroxylation sites is 2. The molecular weight excluding hydrogens is 375 g/mol. The second-order valence-electron chi connectivity index (χ2n) is 5.69. The van der Waals surface area contributed by atoms with Crippen LogP contribution in [-0.4, -0.2) is 15.7 Å². The Morgan fingerprint density at radius 3 is 1.96 bits per heavy atom. The second-order valence-corrected chi connectivity index (χ2v) is 6.42. The number of nitrogens with two attached hydrogens (primary N) is 1. The van der Waals surface area contributed by atoms with Crippen LogP contribution in [0.2, 0.25) is 0 Å². The molecule has 0 amide bonds. The van der Waals surface area contributed by atoms with E-state index in [1.165, 1.54) is 0 Å². The summed E-state index contributed by atoms with van der Waals surface area (Å²) in [6.07, 6.45) is 3.88. The van der Waals surface area contributed by atoms with E-state index in [2.05, 4.69) is 0 Å². The van der Waals surface area contributed by atoms with Gasteiger partial charge in [-0.3, -0.25) is 0 Å². The van der Waals surface area contributed by atoms with E-state index in [-0.39, 0.29) is 17.0 Å². The van der Waals surface area contributed by atoms with E-state index in [1.807, 2.05) is 52.5 Å². The molecule has 0 aromatic heterocycles. The first kappa shape index (κ1) is 18.0. The van der Waals surface area contributed by atoms with Crippen LogP contribution in [0.1, 0.15) is 11.1 Å². The van der Waals surface area contributed by atoms with Gasteiger partial charge < -0.3 is 5.48 Å². The van der Waals surface area contributed by atoms with Crippen molar-refractivity contribution < 1.29 is 30.8 Å². The number of hydrogen-bond donors (Lipinski definition) is 3. The van der Waals surface area contributed by atoms with Crippen molar-refractivity contribution in [1.29, 1.82) is 0 Å². The van der Waals surface area contributed by atoms with Gasteiger partial charge in [0.2, 0.25) is 0 Å². The third kappa shape index (κ3) is 3.18. The molecule has 0 saturated heterocycles. The van der Waals surface area contributed by atoms with Crippen LogP contribution in [0, 0.1) is 0 Å². The number of anilines is 2. The van der Waals surface area contributed by atoms with Crippen molar-refractivity contribution in [2.24, 2.45) is 4.78 Å². The van der Waals surface area contributed by atoms with Gasteiger partial charge in [-0.2, -0.15) is 0 Å². The number of phenolic OH excluding ortho intramolecular Hbond substituents is 2. The zero-order valence-electron chi connectivity index (χ0n) is 13.7. The van der Waals surface area contributed by atoms with Crippen LogP contribution in [0.4, 0.5) is 11.4 Å². The summed E-state index contributed by atoms with van der Waals surface area (Å²) in [6.45, 7) is 0. The van der Waals surface area contributed by atoms with Gasteiger partial charge in [0.25, 0.3) is 0 Å². The van der Waals surface area contributed by atoms with Gasteiger partial charge in [-0.1, -0.05) is 0 Å². The third-order valence-corrected chi connectivity index (χ3v) is 4.89. The summed E-state index contributed by atoms with van der Waals surface area (Å²) in [5.74, 6) is 0.459. The van der Waals surface area contributed by atoms with Crippen molar-refractivity contribution in [1.82, 2.24) is 0 Å². The first-order chi connectivity index (χ1) is 12.2. The molecule has 26 heavy (non-hydrogen) atoms. The van der Waals surface area contributed by atoms with Crippen molar-refractivity contribution in [2.75, 3.05) is 3.95 Å². The summed E-state index contributed by atoms with van der Waals surface area (Å²) < 4.78 is 1.99. The molecule has 0 aliphatic carbocycles. The standard InChI is InChI=1S/C20H14NO2.Co.H2N.H2O/c22-18-7-3-1-5-14(18)11-13-9-10-17-20(21-17)16(13)12-15-6-2-4-8-19(15)23;;;/h1-12,22-23H;;2*1H2/q-1;+2;-1;. The van der Waals surface area contributed by atoms with Gasteiger partial charge in [0.05, 0.1) is 0 Å². The summed E-state index contributed by atoms with van der Waals surface area (Å²) >= 11 is 0.691. The van der Waals surface area contributed by atoms with E-state index < -0.39 is 0 Å². The number of aromatic hydroxyl groups is 2. The van der Waals surface area contributed by atoms with E-state index in [0.717, 1.165) is 32.9 Å². The van der Waals surface area contributed by atoms with Gasteiger partial charge >= 0.3 is 151 Å². The fraction of sp³-hybridized carbons (Fsp3) is 0. The van der Waals surface area contributed by atoms with Gasteiger partial charge in [0.1, 0.15) is 0 Å². The Morgan fingerprint density at radius 2 is 1.38 bits per heavy atom. The fourth-order valence-corrected chi connectivity index (χ4v) is 3.49. The van der Waals surface area contributed by atoms with Gasteiger partial charge in [-0.15, -0.1) is 0 Å². The molecule has 135 valence electrons. The van der Waals surface area contributed by atoms with Crippen LogP contribution >= 0.6 is 0 Å². The number of hydrogen-bond acceptors (Lipinski definition) is 4. The van der Waals surface area contributed by atoms with Crippen molar-refractivity contribution in [3.8, 4) is 11.5 Å². The molecule has 1 aliphatic heterocycles. The Balaban J connectivity index is 0.00000196. The second kappa shape index (κ2) is 7.23. The summed E-state index contributed by atoms with van der Waals surface area (Å²) in [7, 11) is 0. The zero-order valence-corrected chi connectivity index (χ0v) is 14.7. The van der Waals surface area contributed by atoms with E-state index in [4.69, 9.17) is 4.78 Å². The van der Waals surface area contributed by atoms with Crippen molar-refractivity contribution >= 4 is 23.5 Å². The number of benzene rings is 3. The Labute approximate surface area is 157 Å². The predicted molar refractivity (Wildman–Crippen MR) is 99.0 cm³/mol. The third-order valence-electron chi connectivity index (χ3n) is 4.14. The zero-order chi connectivity index (χ0) is 17.4. The molecule has 0 radical (unpaired) electrons. The Hall–Kier alpha value is -2.77. The summed E-state index contributed by atoms with van der Waals surface area (Å²) in [5, 5.41) is 22.1. The minimum absolute atomic E-state index is 0. The van der Waals surface area contributed by atoms with Gasteiger partial charge in [0.15, 0.2) is 0 Å². The molecular formula is C20H18CoN2O3. The van der Waals surface area contributed by atoms with E-state index in [9.17, 15) is 10.2 Å². The SMILES string of the molecule is O.[NH2][Co][N]1c2ccc(=Cc3ccccc3O)c(=Cc3ccccc3O)c21. The molecule has 1 aliphatic rings. The molecule has 1 heterocycles. The molecule has 5 nitrogen and oxygen atoms in total. The Kier molecular flexibility index (Phi) is 5.01. The summed E-state index contributed by atoms with van der Waals surface area (Å²) in [5.41, 5.74) is 3.61. The van der Waals surface area contributed by atoms with Crippen LogP contribution < -0.4 is 19.2 Å². The van der Waals surface area contributed by atoms with Gasteiger partial charge in [0, 0.05) is 0 Å². The van der Waals surface area contributed by atoms with Crippen LogP contribution in [0.3, 0.4) is 0 Å². The van der Waals surface area contributed by atoms with Crippen LogP contribution in [-0.2, 0) is 15.1 Å². The topological polar surface area (TPSA) is 101 Å². The van der Waals surface area contributed by atoms with Gasteiger partial charge in [-0.25, -0.2) is 0 Å². The number of fused-ring (bicyclic) bond motifs is 1. The van der Waals surface area contributed by atoms with Crippen LogP contribution in [0.25, 0.3) is 12.2 Å². The maximum absolute atomic E-state index is 10.1. The molecule has 6 heteroatoms. The molecule has 0 spiro atoms.